The molecule has 4 heteroatoms. The Morgan fingerprint density at radius 1 is 1.38 bits per heavy atom. The molecule has 0 spiro atoms. The van der Waals surface area contributed by atoms with E-state index >= 15 is 0 Å². The van der Waals surface area contributed by atoms with Crippen LogP contribution < -0.4 is 4.74 Å². The zero-order chi connectivity index (χ0) is 11.4. The number of hydrogen-bond donors (Lipinski definition) is 1. The summed E-state index contributed by atoms with van der Waals surface area (Å²) in [5.41, 5.74) is 2.15. The van der Waals surface area contributed by atoms with Gasteiger partial charge in [0.15, 0.2) is 0 Å². The molecule has 1 heterocycles. The van der Waals surface area contributed by atoms with Crippen LogP contribution in [0.5, 0.6) is 5.75 Å². The molecule has 1 aromatic carbocycles. The van der Waals surface area contributed by atoms with Crippen molar-refractivity contribution < 1.29 is 9.84 Å². The maximum absolute atomic E-state index is 9.16. The second-order valence-electron chi connectivity index (χ2n) is 3.66. The topological polar surface area (TPSA) is 29.5 Å². The minimum Gasteiger partial charge on any atom is -0.496 e. The summed E-state index contributed by atoms with van der Waals surface area (Å²) in [6.07, 6.45) is 1.30. The molecule has 0 atom stereocenters. The van der Waals surface area contributed by atoms with E-state index in [-0.39, 0.29) is 6.61 Å². The normalized spacial score (nSPS) is 17.4. The molecular weight excluding hydrogens is 240 g/mol. The highest BCUT2D eigenvalue weighted by Gasteiger charge is 2.17. The average molecular weight is 256 g/mol. The van der Waals surface area contributed by atoms with E-state index in [1.807, 2.05) is 29.6 Å². The van der Waals surface area contributed by atoms with Gasteiger partial charge in [0.2, 0.25) is 0 Å². The SMILES string of the molecule is COc1cc(C2SCCCS2)ccc1CO. The average Bonchev–Trinajstić information content (AvgIpc) is 2.39. The Labute approximate surface area is 105 Å². The lowest BCUT2D eigenvalue weighted by atomic mass is 10.1. The summed E-state index contributed by atoms with van der Waals surface area (Å²) >= 11 is 3.99. The van der Waals surface area contributed by atoms with Crippen LogP contribution in [-0.2, 0) is 6.61 Å². The first kappa shape index (κ1) is 12.1. The quantitative estimate of drug-likeness (QED) is 0.900. The highest BCUT2D eigenvalue weighted by Crippen LogP contribution is 2.44. The van der Waals surface area contributed by atoms with Crippen LogP contribution in [0.15, 0.2) is 18.2 Å². The molecule has 1 saturated heterocycles. The van der Waals surface area contributed by atoms with Gasteiger partial charge in [-0.05, 0) is 29.6 Å². The third-order valence-electron chi connectivity index (χ3n) is 2.58. The monoisotopic (exact) mass is 256 g/mol. The van der Waals surface area contributed by atoms with Gasteiger partial charge >= 0.3 is 0 Å². The lowest BCUT2D eigenvalue weighted by Gasteiger charge is -2.22. The van der Waals surface area contributed by atoms with Crippen LogP contribution in [0.4, 0.5) is 0 Å². The van der Waals surface area contributed by atoms with Crippen molar-refractivity contribution in [2.75, 3.05) is 18.6 Å². The van der Waals surface area contributed by atoms with Gasteiger partial charge in [-0.25, -0.2) is 0 Å². The smallest absolute Gasteiger partial charge is 0.124 e. The van der Waals surface area contributed by atoms with Gasteiger partial charge in [0.1, 0.15) is 5.75 Å². The van der Waals surface area contributed by atoms with E-state index < -0.39 is 0 Å². The number of ether oxygens (including phenoxy) is 1. The molecule has 1 aromatic rings. The van der Waals surface area contributed by atoms with Crippen molar-refractivity contribution in [1.82, 2.24) is 0 Å². The Balaban J connectivity index is 2.20. The van der Waals surface area contributed by atoms with Crippen molar-refractivity contribution in [2.45, 2.75) is 17.6 Å². The van der Waals surface area contributed by atoms with Crippen LogP contribution in [0.2, 0.25) is 0 Å². The predicted octanol–water partition coefficient (Wildman–Crippen LogP) is 3.06. The van der Waals surface area contributed by atoms with Gasteiger partial charge in [0.25, 0.3) is 0 Å². The van der Waals surface area contributed by atoms with Crippen LogP contribution >= 0.6 is 23.5 Å². The van der Waals surface area contributed by atoms with E-state index in [9.17, 15) is 0 Å². The number of benzene rings is 1. The van der Waals surface area contributed by atoms with Crippen LogP contribution in [0.1, 0.15) is 22.1 Å². The van der Waals surface area contributed by atoms with E-state index in [1.54, 1.807) is 7.11 Å². The van der Waals surface area contributed by atoms with Gasteiger partial charge in [-0.1, -0.05) is 12.1 Å². The maximum Gasteiger partial charge on any atom is 0.124 e. The van der Waals surface area contributed by atoms with E-state index in [0.29, 0.717) is 4.58 Å². The molecule has 0 saturated carbocycles. The minimum atomic E-state index is 0.0361. The zero-order valence-electron chi connectivity index (χ0n) is 9.31. The predicted molar refractivity (Wildman–Crippen MR) is 71.2 cm³/mol. The van der Waals surface area contributed by atoms with Gasteiger partial charge in [-0.2, -0.15) is 0 Å². The zero-order valence-corrected chi connectivity index (χ0v) is 10.9. The largest absolute Gasteiger partial charge is 0.496 e. The Morgan fingerprint density at radius 2 is 2.12 bits per heavy atom. The van der Waals surface area contributed by atoms with Crippen LogP contribution in [-0.4, -0.2) is 23.7 Å². The molecule has 1 aliphatic rings. The van der Waals surface area contributed by atoms with E-state index in [0.717, 1.165) is 11.3 Å². The first-order valence-electron chi connectivity index (χ1n) is 5.36. The molecule has 0 unspecified atom stereocenters. The highest BCUT2D eigenvalue weighted by atomic mass is 32.2. The van der Waals surface area contributed by atoms with Crippen LogP contribution in [0.25, 0.3) is 0 Å². The van der Waals surface area contributed by atoms with Crippen molar-refractivity contribution >= 4 is 23.5 Å². The molecule has 1 aliphatic heterocycles. The molecule has 16 heavy (non-hydrogen) atoms. The summed E-state index contributed by atoms with van der Waals surface area (Å²) in [6.45, 7) is 0.0361. The fourth-order valence-corrected chi connectivity index (χ4v) is 4.59. The first-order valence-corrected chi connectivity index (χ1v) is 7.46. The first-order chi connectivity index (χ1) is 7.85. The van der Waals surface area contributed by atoms with Crippen molar-refractivity contribution in [3.8, 4) is 5.75 Å². The lowest BCUT2D eigenvalue weighted by molar-refractivity contribution is 0.273. The van der Waals surface area contributed by atoms with Gasteiger partial charge in [-0.15, -0.1) is 23.5 Å². The second kappa shape index (κ2) is 5.84. The molecule has 88 valence electrons. The number of rotatable bonds is 3. The third-order valence-corrected chi connectivity index (χ3v) is 5.60. The van der Waals surface area contributed by atoms with E-state index in [2.05, 4.69) is 12.1 Å². The molecule has 1 N–H and O–H groups in total. The summed E-state index contributed by atoms with van der Waals surface area (Å²) in [4.78, 5) is 0. The van der Waals surface area contributed by atoms with E-state index in [4.69, 9.17) is 9.84 Å². The van der Waals surface area contributed by atoms with Gasteiger partial charge in [0.05, 0.1) is 18.3 Å². The molecule has 2 rings (SSSR count). The number of aliphatic hydroxyl groups is 1. The highest BCUT2D eigenvalue weighted by molar-refractivity contribution is 8.16. The number of thioether (sulfide) groups is 2. The minimum absolute atomic E-state index is 0.0361. The fourth-order valence-electron chi connectivity index (χ4n) is 1.72. The van der Waals surface area contributed by atoms with Gasteiger partial charge in [0, 0.05) is 5.56 Å². The molecule has 1 fully saturated rings. The Bertz CT molecular complexity index is 349. The second-order valence-corrected chi connectivity index (χ2v) is 6.38. The standard InChI is InChI=1S/C12H16O2S2/c1-14-11-7-9(3-4-10(11)8-13)12-15-5-2-6-16-12/h3-4,7,12-13H,2,5-6,8H2,1H3. The molecule has 0 aromatic heterocycles. The fraction of sp³-hybridized carbons (Fsp3) is 0.500. The maximum atomic E-state index is 9.16. The molecular formula is C12H16O2S2. The Kier molecular flexibility index (Phi) is 4.44. The van der Waals surface area contributed by atoms with Crippen molar-refractivity contribution in [2.24, 2.45) is 0 Å². The third kappa shape index (κ3) is 2.67. The summed E-state index contributed by atoms with van der Waals surface area (Å²) < 4.78 is 5.81. The molecule has 0 radical (unpaired) electrons. The van der Waals surface area contributed by atoms with Crippen molar-refractivity contribution in [3.63, 3.8) is 0 Å². The molecule has 0 bridgehead atoms. The summed E-state index contributed by atoms with van der Waals surface area (Å²) in [7, 11) is 1.65. The number of methoxy groups -OCH3 is 1. The Hall–Kier alpha value is -0.320. The lowest BCUT2D eigenvalue weighted by Crippen LogP contribution is -2.01. The van der Waals surface area contributed by atoms with Gasteiger partial charge in [-0.3, -0.25) is 0 Å². The molecule has 2 nitrogen and oxygen atoms in total. The summed E-state index contributed by atoms with van der Waals surface area (Å²) in [5.74, 6) is 3.27. The van der Waals surface area contributed by atoms with E-state index in [1.165, 1.54) is 23.5 Å². The van der Waals surface area contributed by atoms with Gasteiger partial charge < -0.3 is 9.84 Å². The summed E-state index contributed by atoms with van der Waals surface area (Å²) in [6, 6.07) is 6.12. The molecule has 0 amide bonds. The number of hydrogen-bond acceptors (Lipinski definition) is 4. The molecule has 0 aliphatic carbocycles. The number of aliphatic hydroxyl groups excluding tert-OH is 1. The van der Waals surface area contributed by atoms with Crippen LogP contribution in [0, 0.1) is 0 Å². The summed E-state index contributed by atoms with van der Waals surface area (Å²) in [5, 5.41) is 9.16. The van der Waals surface area contributed by atoms with Crippen molar-refractivity contribution in [3.05, 3.63) is 29.3 Å². The van der Waals surface area contributed by atoms with Crippen LogP contribution in [0.3, 0.4) is 0 Å². The Morgan fingerprint density at radius 3 is 2.75 bits per heavy atom. The van der Waals surface area contributed by atoms with Crippen molar-refractivity contribution in [1.29, 1.82) is 0 Å².